The molecule has 0 atom stereocenters. The fourth-order valence-corrected chi connectivity index (χ4v) is 2.05. The van der Waals surface area contributed by atoms with E-state index in [4.69, 9.17) is 17.4 Å². The molecule has 0 spiro atoms. The van der Waals surface area contributed by atoms with Gasteiger partial charge in [0.25, 0.3) is 0 Å². The molecule has 6 heteroatoms. The van der Waals surface area contributed by atoms with Crippen LogP contribution in [-0.4, -0.2) is 16.9 Å². The number of aromatic nitrogens is 1. The van der Waals surface area contributed by atoms with Crippen molar-refractivity contribution in [2.45, 2.75) is 13.1 Å². The van der Waals surface area contributed by atoms with Gasteiger partial charge in [-0.3, -0.25) is 4.90 Å². The van der Waals surface area contributed by atoms with Gasteiger partial charge in [0.1, 0.15) is 11.6 Å². The van der Waals surface area contributed by atoms with Gasteiger partial charge >= 0.3 is 0 Å². The third-order valence-corrected chi connectivity index (χ3v) is 3.20. The second-order valence-corrected chi connectivity index (χ2v) is 4.98. The largest absolute Gasteiger partial charge is 0.308 e. The van der Waals surface area contributed by atoms with Gasteiger partial charge in [-0.25, -0.2) is 15.2 Å². The van der Waals surface area contributed by atoms with Gasteiger partial charge in [0.2, 0.25) is 0 Å². The van der Waals surface area contributed by atoms with Crippen LogP contribution in [0.25, 0.3) is 0 Å². The van der Waals surface area contributed by atoms with E-state index in [0.717, 1.165) is 11.3 Å². The fourth-order valence-electron chi connectivity index (χ4n) is 1.89. The average Bonchev–Trinajstić information content (AvgIpc) is 2.44. The minimum atomic E-state index is -0.233. The first-order valence-electron chi connectivity index (χ1n) is 6.13. The van der Waals surface area contributed by atoms with Crippen molar-refractivity contribution in [1.29, 1.82) is 0 Å². The van der Waals surface area contributed by atoms with Crippen LogP contribution in [0.15, 0.2) is 36.4 Å². The molecule has 0 bridgehead atoms. The Morgan fingerprint density at radius 1 is 1.20 bits per heavy atom. The molecule has 3 N–H and O–H groups in total. The zero-order valence-corrected chi connectivity index (χ0v) is 11.9. The molecule has 4 nitrogen and oxygen atoms in total. The van der Waals surface area contributed by atoms with E-state index in [0.29, 0.717) is 23.9 Å². The number of nitrogen functional groups attached to an aromatic ring is 1. The van der Waals surface area contributed by atoms with Crippen LogP contribution in [0, 0.1) is 5.82 Å². The number of hydrogen-bond donors (Lipinski definition) is 2. The number of nitrogens with one attached hydrogen (secondary N) is 1. The lowest BCUT2D eigenvalue weighted by Crippen LogP contribution is -2.19. The number of anilines is 1. The molecule has 0 amide bonds. The zero-order chi connectivity index (χ0) is 14.5. The number of hydrazine groups is 1. The van der Waals surface area contributed by atoms with Gasteiger partial charge in [-0.05, 0) is 36.9 Å². The average molecular weight is 295 g/mol. The molecule has 1 aromatic carbocycles. The van der Waals surface area contributed by atoms with Crippen molar-refractivity contribution in [3.8, 4) is 0 Å². The molecule has 0 fully saturated rings. The number of halogens is 2. The highest BCUT2D eigenvalue weighted by Crippen LogP contribution is 2.18. The van der Waals surface area contributed by atoms with E-state index < -0.39 is 0 Å². The van der Waals surface area contributed by atoms with Gasteiger partial charge in [0, 0.05) is 13.1 Å². The summed E-state index contributed by atoms with van der Waals surface area (Å²) in [7, 11) is 1.95. The Bertz CT molecular complexity index is 574. The van der Waals surface area contributed by atoms with Gasteiger partial charge in [-0.2, -0.15) is 0 Å². The second-order valence-electron chi connectivity index (χ2n) is 4.57. The molecule has 106 valence electrons. The molecule has 1 aromatic heterocycles. The van der Waals surface area contributed by atoms with Crippen LogP contribution in [0.5, 0.6) is 0 Å². The summed E-state index contributed by atoms with van der Waals surface area (Å²) in [4.78, 5) is 6.36. The zero-order valence-electron chi connectivity index (χ0n) is 11.1. The third kappa shape index (κ3) is 3.90. The van der Waals surface area contributed by atoms with Crippen LogP contribution in [0.4, 0.5) is 10.2 Å². The maximum atomic E-state index is 12.8. The first-order chi connectivity index (χ1) is 9.58. The molecule has 0 aliphatic carbocycles. The summed E-state index contributed by atoms with van der Waals surface area (Å²) in [6.45, 7) is 1.25. The molecule has 0 radical (unpaired) electrons. The van der Waals surface area contributed by atoms with Gasteiger partial charge in [0.05, 0.1) is 10.7 Å². The molecule has 2 aromatic rings. The van der Waals surface area contributed by atoms with E-state index in [1.807, 2.05) is 11.9 Å². The summed E-state index contributed by atoms with van der Waals surface area (Å²) in [5, 5.41) is 0.593. The summed E-state index contributed by atoms with van der Waals surface area (Å²) >= 11 is 6.11. The molecular formula is C14H16ClFN4. The maximum absolute atomic E-state index is 12.8. The lowest BCUT2D eigenvalue weighted by atomic mass is 10.2. The molecule has 20 heavy (non-hydrogen) atoms. The van der Waals surface area contributed by atoms with Crippen LogP contribution in [0.2, 0.25) is 5.02 Å². The predicted octanol–water partition coefficient (Wildman–Crippen LogP) is 2.79. The van der Waals surface area contributed by atoms with Crippen molar-refractivity contribution in [3.63, 3.8) is 0 Å². The molecule has 2 rings (SSSR count). The Morgan fingerprint density at radius 3 is 2.55 bits per heavy atom. The molecule has 0 saturated carbocycles. The minimum Gasteiger partial charge on any atom is -0.308 e. The highest BCUT2D eigenvalue weighted by Gasteiger charge is 2.08. The number of nitrogens with two attached hydrogens (primary N) is 1. The predicted molar refractivity (Wildman–Crippen MR) is 78.6 cm³/mol. The standard InChI is InChI=1S/C14H16ClFN4/c1-20(8-10-2-4-11(16)5-3-10)9-13-12(15)6-7-14(18-13)19-17/h2-7H,8-9,17H2,1H3,(H,18,19). The molecular weight excluding hydrogens is 279 g/mol. The van der Waals surface area contributed by atoms with E-state index in [9.17, 15) is 4.39 Å². The highest BCUT2D eigenvalue weighted by molar-refractivity contribution is 6.31. The number of hydrogen-bond acceptors (Lipinski definition) is 4. The van der Waals surface area contributed by atoms with E-state index in [2.05, 4.69) is 10.4 Å². The van der Waals surface area contributed by atoms with E-state index in [-0.39, 0.29) is 5.82 Å². The molecule has 0 unspecified atom stereocenters. The maximum Gasteiger partial charge on any atom is 0.140 e. The van der Waals surface area contributed by atoms with Crippen LogP contribution in [0.3, 0.4) is 0 Å². The first-order valence-corrected chi connectivity index (χ1v) is 6.51. The number of benzene rings is 1. The normalized spacial score (nSPS) is 10.8. The van der Waals surface area contributed by atoms with Crippen LogP contribution >= 0.6 is 11.6 Å². The molecule has 0 saturated heterocycles. The molecule has 0 aliphatic rings. The summed E-state index contributed by atoms with van der Waals surface area (Å²) in [6.07, 6.45) is 0. The Hall–Kier alpha value is -1.69. The summed E-state index contributed by atoms with van der Waals surface area (Å²) < 4.78 is 12.8. The van der Waals surface area contributed by atoms with Crippen LogP contribution in [0.1, 0.15) is 11.3 Å². The third-order valence-electron chi connectivity index (χ3n) is 2.85. The van der Waals surface area contributed by atoms with Crippen molar-refractivity contribution in [3.05, 3.63) is 58.5 Å². The fraction of sp³-hybridized carbons (Fsp3) is 0.214. The number of pyridine rings is 1. The monoisotopic (exact) mass is 294 g/mol. The summed E-state index contributed by atoms with van der Waals surface area (Å²) in [6, 6.07) is 9.90. The van der Waals surface area contributed by atoms with Gasteiger partial charge in [-0.15, -0.1) is 0 Å². The Morgan fingerprint density at radius 2 is 1.90 bits per heavy atom. The second kappa shape index (κ2) is 6.65. The number of rotatable bonds is 5. The van der Waals surface area contributed by atoms with E-state index in [1.165, 1.54) is 12.1 Å². The minimum absolute atomic E-state index is 0.233. The van der Waals surface area contributed by atoms with Crippen LogP contribution in [-0.2, 0) is 13.1 Å². The van der Waals surface area contributed by atoms with Crippen molar-refractivity contribution < 1.29 is 4.39 Å². The SMILES string of the molecule is CN(Cc1ccc(F)cc1)Cc1nc(NN)ccc1Cl. The topological polar surface area (TPSA) is 54.2 Å². The lowest BCUT2D eigenvalue weighted by Gasteiger charge is -2.17. The van der Waals surface area contributed by atoms with Crippen LogP contribution < -0.4 is 11.3 Å². The smallest absolute Gasteiger partial charge is 0.140 e. The number of nitrogens with zero attached hydrogens (tertiary/aromatic N) is 2. The van der Waals surface area contributed by atoms with Crippen molar-refractivity contribution in [1.82, 2.24) is 9.88 Å². The Balaban J connectivity index is 2.04. The van der Waals surface area contributed by atoms with Crippen molar-refractivity contribution >= 4 is 17.4 Å². The lowest BCUT2D eigenvalue weighted by molar-refractivity contribution is 0.315. The summed E-state index contributed by atoms with van der Waals surface area (Å²) in [5.74, 6) is 5.67. The van der Waals surface area contributed by atoms with Gasteiger partial charge in [0.15, 0.2) is 0 Å². The van der Waals surface area contributed by atoms with E-state index >= 15 is 0 Å². The Kier molecular flexibility index (Phi) is 4.89. The molecule has 0 aliphatic heterocycles. The van der Waals surface area contributed by atoms with Crippen molar-refractivity contribution in [2.75, 3.05) is 12.5 Å². The highest BCUT2D eigenvalue weighted by atomic mass is 35.5. The quantitative estimate of drug-likeness (QED) is 0.658. The Labute approximate surface area is 122 Å². The van der Waals surface area contributed by atoms with E-state index in [1.54, 1.807) is 24.3 Å². The van der Waals surface area contributed by atoms with Crippen molar-refractivity contribution in [2.24, 2.45) is 5.84 Å². The van der Waals surface area contributed by atoms with Gasteiger partial charge < -0.3 is 5.43 Å². The van der Waals surface area contributed by atoms with Gasteiger partial charge in [-0.1, -0.05) is 23.7 Å². The molecule has 1 heterocycles. The summed E-state index contributed by atoms with van der Waals surface area (Å²) in [5.41, 5.74) is 4.26. The first kappa shape index (κ1) is 14.7.